The molecule has 0 spiro atoms. The first-order valence-electron chi connectivity index (χ1n) is 14.8. The summed E-state index contributed by atoms with van der Waals surface area (Å²) in [5, 5.41) is 3.53. The summed E-state index contributed by atoms with van der Waals surface area (Å²) in [4.78, 5) is 20.4. The molecule has 0 unspecified atom stereocenters. The average Bonchev–Trinajstić information content (AvgIpc) is 2.99. The minimum atomic E-state index is -3.53. The Labute approximate surface area is 245 Å². The molecule has 1 N–H and O–H groups in total. The molecule has 2 saturated heterocycles. The molecular weight excluding hydrogens is 532 g/mol. The van der Waals surface area contributed by atoms with Gasteiger partial charge in [-0.15, -0.1) is 0 Å². The molecule has 41 heavy (non-hydrogen) atoms. The summed E-state index contributed by atoms with van der Waals surface area (Å²) >= 11 is 0. The second-order valence-electron chi connectivity index (χ2n) is 11.4. The highest BCUT2D eigenvalue weighted by molar-refractivity contribution is 7.91. The molecule has 2 fully saturated rings. The molecule has 3 aromatic rings. The van der Waals surface area contributed by atoms with Crippen LogP contribution in [0.5, 0.6) is 0 Å². The molecule has 0 bridgehead atoms. The number of hydrogen-bond donors (Lipinski definition) is 1. The van der Waals surface area contributed by atoms with E-state index in [0.717, 1.165) is 76.3 Å². The van der Waals surface area contributed by atoms with E-state index in [1.165, 1.54) is 11.3 Å². The SMILES string of the molecule is Cc1ccc(N2CCN(CCCC(=O)N3CCC(Nc4ccc(S(=O)(=O)c5ccc(C)cc5)cc4)CC3)CC2)cc1. The molecule has 1 amide bonds. The molecule has 5 rings (SSSR count). The smallest absolute Gasteiger partial charge is 0.222 e. The number of nitrogens with one attached hydrogen (secondary N) is 1. The van der Waals surface area contributed by atoms with Crippen molar-refractivity contribution in [2.24, 2.45) is 0 Å². The van der Waals surface area contributed by atoms with E-state index < -0.39 is 9.84 Å². The van der Waals surface area contributed by atoms with Gasteiger partial charge in [-0.3, -0.25) is 9.69 Å². The van der Waals surface area contributed by atoms with E-state index in [0.29, 0.717) is 16.2 Å². The van der Waals surface area contributed by atoms with Gasteiger partial charge in [0, 0.05) is 63.1 Å². The lowest BCUT2D eigenvalue weighted by Gasteiger charge is -2.36. The van der Waals surface area contributed by atoms with E-state index in [1.807, 2.05) is 36.1 Å². The zero-order valence-corrected chi connectivity index (χ0v) is 25.1. The van der Waals surface area contributed by atoms with Crippen molar-refractivity contribution in [3.63, 3.8) is 0 Å². The summed E-state index contributed by atoms with van der Waals surface area (Å²) in [6.45, 7) is 10.7. The Kier molecular flexibility index (Phi) is 9.30. The lowest BCUT2D eigenvalue weighted by Crippen LogP contribution is -2.47. The minimum absolute atomic E-state index is 0.257. The predicted molar refractivity (Wildman–Crippen MR) is 165 cm³/mol. The van der Waals surface area contributed by atoms with Crippen LogP contribution in [0.4, 0.5) is 11.4 Å². The van der Waals surface area contributed by atoms with E-state index in [9.17, 15) is 13.2 Å². The maximum Gasteiger partial charge on any atom is 0.222 e. The number of benzene rings is 3. The lowest BCUT2D eigenvalue weighted by atomic mass is 10.0. The van der Waals surface area contributed by atoms with Crippen LogP contribution in [-0.2, 0) is 14.6 Å². The number of likely N-dealkylation sites (tertiary alicyclic amines) is 1. The van der Waals surface area contributed by atoms with E-state index in [2.05, 4.69) is 46.3 Å². The third kappa shape index (κ3) is 7.49. The van der Waals surface area contributed by atoms with Crippen LogP contribution in [0.1, 0.15) is 36.8 Å². The highest BCUT2D eigenvalue weighted by atomic mass is 32.2. The minimum Gasteiger partial charge on any atom is -0.382 e. The van der Waals surface area contributed by atoms with Crippen molar-refractivity contribution in [1.82, 2.24) is 9.80 Å². The van der Waals surface area contributed by atoms with Gasteiger partial charge in [-0.2, -0.15) is 0 Å². The molecule has 7 nitrogen and oxygen atoms in total. The Morgan fingerprint density at radius 1 is 0.756 bits per heavy atom. The number of anilines is 2. The van der Waals surface area contributed by atoms with Crippen LogP contribution in [0.15, 0.2) is 82.6 Å². The van der Waals surface area contributed by atoms with Gasteiger partial charge in [-0.25, -0.2) is 8.42 Å². The molecule has 218 valence electrons. The van der Waals surface area contributed by atoms with Gasteiger partial charge in [-0.05, 0) is 88.2 Å². The third-order valence-electron chi connectivity index (χ3n) is 8.35. The zero-order chi connectivity index (χ0) is 28.8. The van der Waals surface area contributed by atoms with Crippen LogP contribution in [0, 0.1) is 13.8 Å². The highest BCUT2D eigenvalue weighted by Gasteiger charge is 2.24. The van der Waals surface area contributed by atoms with Crippen LogP contribution < -0.4 is 10.2 Å². The number of piperazine rings is 1. The van der Waals surface area contributed by atoms with Gasteiger partial charge in [0.2, 0.25) is 15.7 Å². The molecule has 2 aliphatic rings. The monoisotopic (exact) mass is 574 g/mol. The van der Waals surface area contributed by atoms with E-state index in [4.69, 9.17) is 0 Å². The number of carbonyl (C=O) groups excluding carboxylic acids is 1. The van der Waals surface area contributed by atoms with Crippen molar-refractivity contribution < 1.29 is 13.2 Å². The Morgan fingerprint density at radius 3 is 1.88 bits per heavy atom. The van der Waals surface area contributed by atoms with Gasteiger partial charge in [0.15, 0.2) is 0 Å². The summed E-state index contributed by atoms with van der Waals surface area (Å²) in [6, 6.07) is 23.0. The second-order valence-corrected chi connectivity index (χ2v) is 13.4. The Bertz CT molecular complexity index is 1390. The van der Waals surface area contributed by atoms with E-state index >= 15 is 0 Å². The average molecular weight is 575 g/mol. The van der Waals surface area contributed by atoms with Gasteiger partial charge < -0.3 is 15.1 Å². The van der Waals surface area contributed by atoms with Gasteiger partial charge in [-0.1, -0.05) is 35.4 Å². The molecule has 8 heteroatoms. The largest absolute Gasteiger partial charge is 0.382 e. The topological polar surface area (TPSA) is 73.0 Å². The van der Waals surface area contributed by atoms with Gasteiger partial charge in [0.25, 0.3) is 0 Å². The van der Waals surface area contributed by atoms with E-state index in [1.54, 1.807) is 24.3 Å². The van der Waals surface area contributed by atoms with Crippen molar-refractivity contribution in [1.29, 1.82) is 0 Å². The first-order chi connectivity index (χ1) is 19.8. The molecule has 0 aliphatic carbocycles. The molecule has 0 radical (unpaired) electrons. The Balaban J connectivity index is 1.01. The maximum absolute atomic E-state index is 12.9. The van der Waals surface area contributed by atoms with Crippen LogP contribution in [0.25, 0.3) is 0 Å². The summed E-state index contributed by atoms with van der Waals surface area (Å²) < 4.78 is 25.8. The maximum atomic E-state index is 12.9. The number of piperidine rings is 1. The Morgan fingerprint density at radius 2 is 1.29 bits per heavy atom. The Hall–Kier alpha value is -3.36. The molecule has 0 saturated carbocycles. The molecule has 2 aliphatic heterocycles. The van der Waals surface area contributed by atoms with Crippen molar-refractivity contribution in [2.75, 3.05) is 56.0 Å². The molecule has 0 atom stereocenters. The van der Waals surface area contributed by atoms with E-state index in [-0.39, 0.29) is 11.9 Å². The van der Waals surface area contributed by atoms with Gasteiger partial charge >= 0.3 is 0 Å². The summed E-state index contributed by atoms with van der Waals surface area (Å²) in [7, 11) is -3.53. The number of aryl methyl sites for hydroxylation is 2. The highest BCUT2D eigenvalue weighted by Crippen LogP contribution is 2.24. The number of carbonyl (C=O) groups is 1. The summed E-state index contributed by atoms with van der Waals surface area (Å²) in [5.41, 5.74) is 4.52. The van der Waals surface area contributed by atoms with Crippen LogP contribution >= 0.6 is 0 Å². The van der Waals surface area contributed by atoms with Crippen LogP contribution in [0.2, 0.25) is 0 Å². The number of amides is 1. The van der Waals surface area contributed by atoms with Crippen molar-refractivity contribution in [3.8, 4) is 0 Å². The normalized spacial score (nSPS) is 17.0. The van der Waals surface area contributed by atoms with Gasteiger partial charge in [0.05, 0.1) is 9.79 Å². The second kappa shape index (κ2) is 13.1. The van der Waals surface area contributed by atoms with Gasteiger partial charge in [0.1, 0.15) is 0 Å². The number of nitrogens with zero attached hydrogens (tertiary/aromatic N) is 3. The predicted octanol–water partition coefficient (Wildman–Crippen LogP) is 5.14. The third-order valence-corrected chi connectivity index (χ3v) is 10.1. The number of sulfone groups is 1. The number of hydrogen-bond acceptors (Lipinski definition) is 6. The van der Waals surface area contributed by atoms with Crippen LogP contribution in [-0.4, -0.2) is 76.0 Å². The summed E-state index contributed by atoms with van der Waals surface area (Å²) in [6.07, 6.45) is 3.28. The number of rotatable bonds is 9. The fraction of sp³-hybridized carbons (Fsp3) is 0.424. The first-order valence-corrected chi connectivity index (χ1v) is 16.3. The summed E-state index contributed by atoms with van der Waals surface area (Å²) in [5.74, 6) is 0.257. The first kappa shape index (κ1) is 29.1. The molecule has 2 heterocycles. The standard InChI is InChI=1S/C33H42N4O3S/c1-26-5-11-30(12-6-26)36-24-22-35(23-25-36)19-3-4-33(38)37-20-17-29(18-21-37)34-28-9-15-32(16-10-28)41(39,40)31-13-7-27(2)8-14-31/h5-16,29,34H,3-4,17-25H2,1-2H3. The fourth-order valence-electron chi connectivity index (χ4n) is 5.69. The molecule has 0 aromatic heterocycles. The van der Waals surface area contributed by atoms with Crippen LogP contribution in [0.3, 0.4) is 0 Å². The van der Waals surface area contributed by atoms with Crippen molar-refractivity contribution in [3.05, 3.63) is 83.9 Å². The quantitative estimate of drug-likeness (QED) is 0.382. The lowest BCUT2D eigenvalue weighted by molar-refractivity contribution is -0.132. The fourth-order valence-corrected chi connectivity index (χ4v) is 6.95. The molecule has 3 aromatic carbocycles. The van der Waals surface area contributed by atoms with Crippen molar-refractivity contribution in [2.45, 2.75) is 55.4 Å². The zero-order valence-electron chi connectivity index (χ0n) is 24.3. The molecular formula is C33H42N4O3S. The van der Waals surface area contributed by atoms with Crippen molar-refractivity contribution >= 4 is 27.1 Å².